The highest BCUT2D eigenvalue weighted by molar-refractivity contribution is 5.75. The summed E-state index contributed by atoms with van der Waals surface area (Å²) in [6.07, 6.45) is 2.65. The highest BCUT2D eigenvalue weighted by Crippen LogP contribution is 2.04. The van der Waals surface area contributed by atoms with E-state index < -0.39 is 18.2 Å². The minimum atomic E-state index is -0.992. The van der Waals surface area contributed by atoms with E-state index >= 15 is 0 Å². The maximum absolute atomic E-state index is 11.4. The van der Waals surface area contributed by atoms with Crippen LogP contribution in [0.25, 0.3) is 0 Å². The molecule has 0 aliphatic rings. The number of aliphatic hydroxyl groups is 1. The first-order valence-corrected chi connectivity index (χ1v) is 4.87. The Morgan fingerprint density at radius 1 is 1.60 bits per heavy atom. The highest BCUT2D eigenvalue weighted by atomic mass is 16.6. The Bertz CT molecular complexity index is 223. The maximum Gasteiger partial charge on any atom is 0.338 e. The molecule has 15 heavy (non-hydrogen) atoms. The lowest BCUT2D eigenvalue weighted by molar-refractivity contribution is -0.161. The van der Waals surface area contributed by atoms with E-state index in [1.165, 1.54) is 12.2 Å². The first-order chi connectivity index (χ1) is 7.17. The first-order valence-electron chi connectivity index (χ1n) is 4.87. The SMILES string of the molecule is C=CCOC(C(=O)OCC)C(O)/C=C/C. The molecule has 2 unspecified atom stereocenters. The van der Waals surface area contributed by atoms with Crippen LogP contribution in [0.4, 0.5) is 0 Å². The molecule has 2 atom stereocenters. The minimum Gasteiger partial charge on any atom is -0.464 e. The first kappa shape index (κ1) is 13.9. The second-order valence-corrected chi connectivity index (χ2v) is 2.81. The van der Waals surface area contributed by atoms with Gasteiger partial charge in [-0.05, 0) is 13.8 Å². The molecule has 0 heterocycles. The zero-order chi connectivity index (χ0) is 11.7. The van der Waals surface area contributed by atoms with Crippen LogP contribution in [0.5, 0.6) is 0 Å². The van der Waals surface area contributed by atoms with E-state index in [0.29, 0.717) is 0 Å². The van der Waals surface area contributed by atoms with E-state index in [-0.39, 0.29) is 13.2 Å². The Morgan fingerprint density at radius 3 is 2.73 bits per heavy atom. The fraction of sp³-hybridized carbons (Fsp3) is 0.545. The predicted molar refractivity (Wildman–Crippen MR) is 57.4 cm³/mol. The van der Waals surface area contributed by atoms with Crippen molar-refractivity contribution in [1.29, 1.82) is 0 Å². The predicted octanol–water partition coefficient (Wildman–Crippen LogP) is 1.06. The zero-order valence-corrected chi connectivity index (χ0v) is 9.18. The van der Waals surface area contributed by atoms with Gasteiger partial charge in [0.25, 0.3) is 0 Å². The monoisotopic (exact) mass is 214 g/mol. The van der Waals surface area contributed by atoms with Crippen LogP contribution in [-0.4, -0.2) is 36.5 Å². The number of hydrogen-bond donors (Lipinski definition) is 1. The molecule has 0 fully saturated rings. The smallest absolute Gasteiger partial charge is 0.338 e. The van der Waals surface area contributed by atoms with Crippen molar-refractivity contribution < 1.29 is 19.4 Å². The highest BCUT2D eigenvalue weighted by Gasteiger charge is 2.26. The summed E-state index contributed by atoms with van der Waals surface area (Å²) in [6.45, 7) is 7.37. The van der Waals surface area contributed by atoms with Gasteiger partial charge in [0.15, 0.2) is 6.10 Å². The molecule has 0 aromatic rings. The minimum absolute atomic E-state index is 0.193. The largest absolute Gasteiger partial charge is 0.464 e. The Morgan fingerprint density at radius 2 is 2.27 bits per heavy atom. The number of rotatable bonds is 7. The second kappa shape index (κ2) is 8.20. The molecule has 0 radical (unpaired) electrons. The van der Waals surface area contributed by atoms with E-state index in [1.54, 1.807) is 19.9 Å². The fourth-order valence-electron chi connectivity index (χ4n) is 1.00. The molecular weight excluding hydrogens is 196 g/mol. The Labute approximate surface area is 90.2 Å². The van der Waals surface area contributed by atoms with Gasteiger partial charge in [-0.25, -0.2) is 4.79 Å². The normalized spacial score (nSPS) is 14.9. The van der Waals surface area contributed by atoms with E-state index in [9.17, 15) is 9.90 Å². The maximum atomic E-state index is 11.4. The molecule has 0 aliphatic carbocycles. The van der Waals surface area contributed by atoms with Crippen molar-refractivity contribution in [3.63, 3.8) is 0 Å². The van der Waals surface area contributed by atoms with Gasteiger partial charge < -0.3 is 14.6 Å². The summed E-state index contributed by atoms with van der Waals surface area (Å²) in [5, 5.41) is 9.59. The van der Waals surface area contributed by atoms with Gasteiger partial charge in [0.2, 0.25) is 0 Å². The van der Waals surface area contributed by atoms with E-state index in [1.807, 2.05) is 0 Å². The summed E-state index contributed by atoms with van der Waals surface area (Å²) < 4.78 is 9.90. The van der Waals surface area contributed by atoms with Crippen LogP contribution in [0.2, 0.25) is 0 Å². The van der Waals surface area contributed by atoms with Crippen molar-refractivity contribution in [3.8, 4) is 0 Å². The van der Waals surface area contributed by atoms with Crippen molar-refractivity contribution in [2.75, 3.05) is 13.2 Å². The number of ether oxygens (including phenoxy) is 2. The van der Waals surface area contributed by atoms with Gasteiger partial charge in [-0.15, -0.1) is 6.58 Å². The van der Waals surface area contributed by atoms with Crippen molar-refractivity contribution in [1.82, 2.24) is 0 Å². The van der Waals surface area contributed by atoms with Gasteiger partial charge in [-0.2, -0.15) is 0 Å². The Kier molecular flexibility index (Phi) is 7.58. The van der Waals surface area contributed by atoms with Crippen molar-refractivity contribution in [2.45, 2.75) is 26.1 Å². The van der Waals surface area contributed by atoms with Gasteiger partial charge in [0.05, 0.1) is 13.2 Å². The molecule has 0 spiro atoms. The molecule has 4 heteroatoms. The van der Waals surface area contributed by atoms with Crippen LogP contribution in [-0.2, 0) is 14.3 Å². The van der Waals surface area contributed by atoms with Crippen LogP contribution < -0.4 is 0 Å². The molecule has 0 aromatic heterocycles. The second-order valence-electron chi connectivity index (χ2n) is 2.81. The van der Waals surface area contributed by atoms with Crippen LogP contribution in [0.3, 0.4) is 0 Å². The van der Waals surface area contributed by atoms with E-state index in [2.05, 4.69) is 6.58 Å². The third kappa shape index (κ3) is 5.34. The lowest BCUT2D eigenvalue weighted by Crippen LogP contribution is -2.37. The third-order valence-electron chi connectivity index (χ3n) is 1.61. The van der Waals surface area contributed by atoms with Crippen LogP contribution in [0, 0.1) is 0 Å². The van der Waals surface area contributed by atoms with Crippen LogP contribution in [0.15, 0.2) is 24.8 Å². The standard InChI is InChI=1S/C11H18O4/c1-4-7-9(12)10(15-8-5-2)11(13)14-6-3/h4-5,7,9-10,12H,2,6,8H2,1,3H3/b7-4+. The van der Waals surface area contributed by atoms with Gasteiger partial charge >= 0.3 is 5.97 Å². The number of esters is 1. The zero-order valence-electron chi connectivity index (χ0n) is 9.18. The summed E-state index contributed by atoms with van der Waals surface area (Å²) in [5.74, 6) is -0.565. The summed E-state index contributed by atoms with van der Waals surface area (Å²) in [7, 11) is 0. The summed E-state index contributed by atoms with van der Waals surface area (Å²) in [6, 6.07) is 0. The summed E-state index contributed by atoms with van der Waals surface area (Å²) in [5.41, 5.74) is 0. The molecule has 0 aromatic carbocycles. The topological polar surface area (TPSA) is 55.8 Å². The lowest BCUT2D eigenvalue weighted by atomic mass is 10.2. The van der Waals surface area contributed by atoms with Gasteiger partial charge in [-0.1, -0.05) is 18.2 Å². The number of carbonyl (C=O) groups is 1. The third-order valence-corrected chi connectivity index (χ3v) is 1.61. The number of carbonyl (C=O) groups excluding carboxylic acids is 1. The van der Waals surface area contributed by atoms with E-state index in [4.69, 9.17) is 9.47 Å². The molecule has 0 saturated heterocycles. The average molecular weight is 214 g/mol. The molecule has 4 nitrogen and oxygen atoms in total. The van der Waals surface area contributed by atoms with Crippen molar-refractivity contribution in [3.05, 3.63) is 24.8 Å². The summed E-state index contributed by atoms with van der Waals surface area (Å²) in [4.78, 5) is 11.4. The number of allylic oxidation sites excluding steroid dienone is 1. The van der Waals surface area contributed by atoms with E-state index in [0.717, 1.165) is 0 Å². The molecule has 0 aliphatic heterocycles. The molecule has 0 rings (SSSR count). The van der Waals surface area contributed by atoms with Gasteiger partial charge in [0.1, 0.15) is 6.10 Å². The molecule has 86 valence electrons. The Hall–Kier alpha value is -1.13. The molecular formula is C11H18O4. The Balaban J connectivity index is 4.40. The average Bonchev–Trinajstić information content (AvgIpc) is 2.19. The van der Waals surface area contributed by atoms with Crippen LogP contribution >= 0.6 is 0 Å². The van der Waals surface area contributed by atoms with Crippen molar-refractivity contribution in [2.24, 2.45) is 0 Å². The summed E-state index contributed by atoms with van der Waals surface area (Å²) >= 11 is 0. The van der Waals surface area contributed by atoms with Gasteiger partial charge in [0, 0.05) is 0 Å². The van der Waals surface area contributed by atoms with Crippen molar-refractivity contribution >= 4 is 5.97 Å². The lowest BCUT2D eigenvalue weighted by Gasteiger charge is -2.18. The fourth-order valence-corrected chi connectivity index (χ4v) is 1.00. The number of hydrogen-bond acceptors (Lipinski definition) is 4. The molecule has 0 bridgehead atoms. The molecule has 1 N–H and O–H groups in total. The number of aliphatic hydroxyl groups excluding tert-OH is 1. The van der Waals surface area contributed by atoms with Gasteiger partial charge in [-0.3, -0.25) is 0 Å². The molecule has 0 saturated carbocycles. The molecule has 0 amide bonds. The van der Waals surface area contributed by atoms with Crippen LogP contribution in [0.1, 0.15) is 13.8 Å². The quantitative estimate of drug-likeness (QED) is 0.508.